The van der Waals surface area contributed by atoms with Crippen molar-refractivity contribution in [1.82, 2.24) is 0 Å². The van der Waals surface area contributed by atoms with Crippen molar-refractivity contribution in [1.29, 1.82) is 0 Å². The Bertz CT molecular complexity index is 388. The van der Waals surface area contributed by atoms with Crippen LogP contribution in [0.5, 0.6) is 0 Å². The van der Waals surface area contributed by atoms with Crippen molar-refractivity contribution >= 4 is 21.6 Å². The summed E-state index contributed by atoms with van der Waals surface area (Å²) in [5, 5.41) is 3.69. The molecule has 1 aromatic carbocycles. The standard InChI is InChI=1S/C16H27BrN2/c1-5-7-8-16(6-2,11-18)19-14-9-12(3)15(17)13(4)10-14/h9-10,19H,5-8,11,18H2,1-4H3. The van der Waals surface area contributed by atoms with Gasteiger partial charge in [0.1, 0.15) is 0 Å². The molecule has 0 amide bonds. The van der Waals surface area contributed by atoms with Crippen molar-refractivity contribution in [3.8, 4) is 0 Å². The van der Waals surface area contributed by atoms with Crippen LogP contribution in [0.2, 0.25) is 0 Å². The molecule has 0 saturated carbocycles. The van der Waals surface area contributed by atoms with Gasteiger partial charge >= 0.3 is 0 Å². The summed E-state index contributed by atoms with van der Waals surface area (Å²) in [5.41, 5.74) is 9.78. The van der Waals surface area contributed by atoms with E-state index in [1.165, 1.54) is 34.1 Å². The van der Waals surface area contributed by atoms with Gasteiger partial charge in [-0.15, -0.1) is 0 Å². The molecular formula is C16H27BrN2. The van der Waals surface area contributed by atoms with Gasteiger partial charge < -0.3 is 11.1 Å². The summed E-state index contributed by atoms with van der Waals surface area (Å²) in [5.74, 6) is 0. The van der Waals surface area contributed by atoms with E-state index < -0.39 is 0 Å². The van der Waals surface area contributed by atoms with Crippen molar-refractivity contribution in [2.75, 3.05) is 11.9 Å². The van der Waals surface area contributed by atoms with E-state index in [0.717, 1.165) is 12.8 Å². The van der Waals surface area contributed by atoms with Crippen LogP contribution in [-0.4, -0.2) is 12.1 Å². The highest BCUT2D eigenvalue weighted by molar-refractivity contribution is 9.10. The van der Waals surface area contributed by atoms with Gasteiger partial charge in [-0.2, -0.15) is 0 Å². The largest absolute Gasteiger partial charge is 0.378 e. The van der Waals surface area contributed by atoms with Crippen LogP contribution in [0.15, 0.2) is 16.6 Å². The molecule has 0 radical (unpaired) electrons. The van der Waals surface area contributed by atoms with E-state index in [0.29, 0.717) is 6.54 Å². The van der Waals surface area contributed by atoms with Crippen LogP contribution in [0.25, 0.3) is 0 Å². The third-order valence-corrected chi connectivity index (χ3v) is 5.17. The summed E-state index contributed by atoms with van der Waals surface area (Å²) < 4.78 is 1.20. The molecular weight excluding hydrogens is 300 g/mol. The predicted molar refractivity (Wildman–Crippen MR) is 88.8 cm³/mol. The second-order valence-corrected chi connectivity index (χ2v) is 6.28. The summed E-state index contributed by atoms with van der Waals surface area (Å²) in [6.07, 6.45) is 4.61. The fraction of sp³-hybridized carbons (Fsp3) is 0.625. The van der Waals surface area contributed by atoms with Gasteiger partial charge in [0.25, 0.3) is 0 Å². The normalized spacial score (nSPS) is 14.2. The molecule has 0 heterocycles. The minimum absolute atomic E-state index is 0.0305. The lowest BCUT2D eigenvalue weighted by Gasteiger charge is -2.34. The Morgan fingerprint density at radius 2 is 1.79 bits per heavy atom. The second-order valence-electron chi connectivity index (χ2n) is 5.49. The van der Waals surface area contributed by atoms with E-state index in [-0.39, 0.29) is 5.54 Å². The highest BCUT2D eigenvalue weighted by Gasteiger charge is 2.25. The Morgan fingerprint density at radius 3 is 2.21 bits per heavy atom. The Hall–Kier alpha value is -0.540. The summed E-state index contributed by atoms with van der Waals surface area (Å²) in [6, 6.07) is 4.40. The van der Waals surface area contributed by atoms with Crippen LogP contribution in [0.1, 0.15) is 50.7 Å². The average Bonchev–Trinajstić information content (AvgIpc) is 2.41. The van der Waals surface area contributed by atoms with Crippen LogP contribution in [0, 0.1) is 13.8 Å². The van der Waals surface area contributed by atoms with Gasteiger partial charge in [-0.1, -0.05) is 42.6 Å². The molecule has 1 rings (SSSR count). The maximum Gasteiger partial charge on any atom is 0.0493 e. The molecule has 0 fully saturated rings. The van der Waals surface area contributed by atoms with E-state index in [4.69, 9.17) is 5.73 Å². The van der Waals surface area contributed by atoms with Crippen molar-refractivity contribution in [2.45, 2.75) is 58.9 Å². The third-order valence-electron chi connectivity index (χ3n) is 3.92. The molecule has 0 saturated heterocycles. The van der Waals surface area contributed by atoms with Gasteiger partial charge in [0.15, 0.2) is 0 Å². The molecule has 3 N–H and O–H groups in total. The quantitative estimate of drug-likeness (QED) is 0.757. The van der Waals surface area contributed by atoms with Gasteiger partial charge in [-0.25, -0.2) is 0 Å². The van der Waals surface area contributed by atoms with Crippen molar-refractivity contribution in [3.05, 3.63) is 27.7 Å². The van der Waals surface area contributed by atoms with Gasteiger partial charge in [0.2, 0.25) is 0 Å². The summed E-state index contributed by atoms with van der Waals surface area (Å²) in [4.78, 5) is 0. The summed E-state index contributed by atoms with van der Waals surface area (Å²) in [7, 11) is 0. The van der Waals surface area contributed by atoms with E-state index in [2.05, 4.69) is 61.1 Å². The van der Waals surface area contributed by atoms with Crippen LogP contribution < -0.4 is 11.1 Å². The van der Waals surface area contributed by atoms with Gasteiger partial charge in [-0.05, 0) is 49.9 Å². The Kier molecular flexibility index (Phi) is 6.34. The number of anilines is 1. The number of nitrogens with one attached hydrogen (secondary N) is 1. The van der Waals surface area contributed by atoms with Crippen molar-refractivity contribution in [3.63, 3.8) is 0 Å². The molecule has 19 heavy (non-hydrogen) atoms. The molecule has 0 aliphatic rings. The van der Waals surface area contributed by atoms with Crippen LogP contribution in [0.3, 0.4) is 0 Å². The number of unbranched alkanes of at least 4 members (excludes halogenated alkanes) is 1. The first-order valence-corrected chi connectivity index (χ1v) is 8.02. The maximum absolute atomic E-state index is 6.04. The number of nitrogens with two attached hydrogens (primary N) is 1. The van der Waals surface area contributed by atoms with E-state index >= 15 is 0 Å². The third kappa shape index (κ3) is 4.22. The zero-order valence-corrected chi connectivity index (χ0v) is 14.2. The van der Waals surface area contributed by atoms with Crippen LogP contribution >= 0.6 is 15.9 Å². The molecule has 1 atom stereocenters. The summed E-state index contributed by atoms with van der Waals surface area (Å²) >= 11 is 3.62. The van der Waals surface area contributed by atoms with Gasteiger partial charge in [-0.3, -0.25) is 0 Å². The van der Waals surface area contributed by atoms with Crippen LogP contribution in [-0.2, 0) is 0 Å². The number of hydrogen-bond acceptors (Lipinski definition) is 2. The number of aryl methyl sites for hydroxylation is 2. The van der Waals surface area contributed by atoms with E-state index in [1.54, 1.807) is 0 Å². The molecule has 0 aromatic heterocycles. The van der Waals surface area contributed by atoms with Crippen molar-refractivity contribution in [2.24, 2.45) is 5.73 Å². The SMILES string of the molecule is CCCCC(CC)(CN)Nc1cc(C)c(Br)c(C)c1. The maximum atomic E-state index is 6.04. The fourth-order valence-electron chi connectivity index (χ4n) is 2.46. The number of hydrogen-bond donors (Lipinski definition) is 2. The first-order valence-electron chi connectivity index (χ1n) is 7.23. The lowest BCUT2D eigenvalue weighted by Crippen LogP contribution is -2.45. The Morgan fingerprint density at radius 1 is 1.21 bits per heavy atom. The zero-order valence-electron chi connectivity index (χ0n) is 12.6. The fourth-order valence-corrected chi connectivity index (χ4v) is 2.69. The van der Waals surface area contributed by atoms with E-state index in [1.807, 2.05) is 0 Å². The molecule has 0 aliphatic heterocycles. The molecule has 2 nitrogen and oxygen atoms in total. The molecule has 3 heteroatoms. The van der Waals surface area contributed by atoms with Crippen LogP contribution in [0.4, 0.5) is 5.69 Å². The predicted octanol–water partition coefficient (Wildman–Crippen LogP) is 4.78. The molecule has 1 unspecified atom stereocenters. The molecule has 1 aromatic rings. The smallest absolute Gasteiger partial charge is 0.0493 e. The lowest BCUT2D eigenvalue weighted by molar-refractivity contribution is 0.411. The van der Waals surface area contributed by atoms with Gasteiger partial charge in [0.05, 0.1) is 0 Å². The highest BCUT2D eigenvalue weighted by Crippen LogP contribution is 2.29. The number of halogens is 1. The Balaban J connectivity index is 2.96. The van der Waals surface area contributed by atoms with Crippen molar-refractivity contribution < 1.29 is 0 Å². The number of benzene rings is 1. The molecule has 108 valence electrons. The highest BCUT2D eigenvalue weighted by atomic mass is 79.9. The lowest BCUT2D eigenvalue weighted by atomic mass is 9.89. The minimum Gasteiger partial charge on any atom is -0.378 e. The van der Waals surface area contributed by atoms with Gasteiger partial charge in [0, 0.05) is 22.2 Å². The minimum atomic E-state index is 0.0305. The molecule has 0 spiro atoms. The molecule has 0 aliphatic carbocycles. The Labute approximate surface area is 126 Å². The number of rotatable bonds is 7. The zero-order chi connectivity index (χ0) is 14.5. The average molecular weight is 327 g/mol. The summed E-state index contributed by atoms with van der Waals surface area (Å²) in [6.45, 7) is 9.38. The topological polar surface area (TPSA) is 38.0 Å². The first-order chi connectivity index (χ1) is 8.98. The second kappa shape index (κ2) is 7.30. The van der Waals surface area contributed by atoms with E-state index in [9.17, 15) is 0 Å². The monoisotopic (exact) mass is 326 g/mol. The molecule has 0 bridgehead atoms. The first kappa shape index (κ1) is 16.5.